The van der Waals surface area contributed by atoms with Crippen LogP contribution in [0.2, 0.25) is 0 Å². The maximum absolute atomic E-state index is 11.5. The summed E-state index contributed by atoms with van der Waals surface area (Å²) in [5.74, 6) is -1.47. The molecule has 0 unspecified atom stereocenters. The third kappa shape index (κ3) is 2.18. The summed E-state index contributed by atoms with van der Waals surface area (Å²) >= 11 is 1.58. The topological polar surface area (TPSA) is 57.6 Å². The molecule has 1 aliphatic rings. The summed E-state index contributed by atoms with van der Waals surface area (Å²) in [6.45, 7) is 0.881. The molecule has 0 aromatic carbocycles. The van der Waals surface area contributed by atoms with Crippen LogP contribution < -0.4 is 0 Å². The fraction of sp³-hybridized carbons (Fsp3) is 0.400. The van der Waals surface area contributed by atoms with E-state index in [9.17, 15) is 9.59 Å². The Labute approximate surface area is 91.1 Å². The van der Waals surface area contributed by atoms with Gasteiger partial charge in [-0.1, -0.05) is 6.07 Å². The zero-order chi connectivity index (χ0) is 10.8. The van der Waals surface area contributed by atoms with Gasteiger partial charge < -0.3 is 10.0 Å². The number of amides is 1. The van der Waals surface area contributed by atoms with Crippen LogP contribution in [0.1, 0.15) is 11.3 Å². The second-order valence-corrected chi connectivity index (χ2v) is 4.63. The highest BCUT2D eigenvalue weighted by atomic mass is 32.1. The Bertz CT molecular complexity index is 374. The van der Waals surface area contributed by atoms with Crippen molar-refractivity contribution >= 4 is 23.2 Å². The molecule has 1 saturated heterocycles. The van der Waals surface area contributed by atoms with Crippen LogP contribution in [0.4, 0.5) is 0 Å². The van der Waals surface area contributed by atoms with Crippen molar-refractivity contribution in [3.63, 3.8) is 0 Å². The molecular formula is C10H11NO3S. The van der Waals surface area contributed by atoms with E-state index in [1.54, 1.807) is 16.2 Å². The quantitative estimate of drug-likeness (QED) is 0.840. The molecule has 1 fully saturated rings. The second kappa shape index (κ2) is 4.02. The number of rotatable bonds is 3. The van der Waals surface area contributed by atoms with Gasteiger partial charge in [0.05, 0.1) is 12.5 Å². The number of nitrogens with zero attached hydrogens (tertiary/aromatic N) is 1. The first kappa shape index (κ1) is 10.2. The molecule has 0 bridgehead atoms. The van der Waals surface area contributed by atoms with E-state index < -0.39 is 11.9 Å². The Morgan fingerprint density at radius 3 is 3.00 bits per heavy atom. The molecule has 5 heteroatoms. The third-order valence-corrected chi connectivity index (χ3v) is 3.35. The first-order valence-electron chi connectivity index (χ1n) is 4.70. The number of carboxylic acid groups (broad SMARTS) is 1. The van der Waals surface area contributed by atoms with Crippen LogP contribution in [0.15, 0.2) is 17.5 Å². The Kier molecular flexibility index (Phi) is 2.73. The van der Waals surface area contributed by atoms with E-state index in [-0.39, 0.29) is 12.3 Å². The van der Waals surface area contributed by atoms with E-state index in [1.807, 2.05) is 17.5 Å². The van der Waals surface area contributed by atoms with Crippen molar-refractivity contribution in [2.75, 3.05) is 6.54 Å². The average molecular weight is 225 g/mol. The summed E-state index contributed by atoms with van der Waals surface area (Å²) in [6.07, 6.45) is 0.140. The van der Waals surface area contributed by atoms with Gasteiger partial charge in [-0.15, -0.1) is 11.3 Å². The van der Waals surface area contributed by atoms with E-state index in [4.69, 9.17) is 5.11 Å². The predicted molar refractivity (Wildman–Crippen MR) is 55.5 cm³/mol. The van der Waals surface area contributed by atoms with Crippen molar-refractivity contribution in [1.29, 1.82) is 0 Å². The van der Waals surface area contributed by atoms with Gasteiger partial charge in [-0.2, -0.15) is 0 Å². The smallest absolute Gasteiger partial charge is 0.308 e. The second-order valence-electron chi connectivity index (χ2n) is 3.59. The summed E-state index contributed by atoms with van der Waals surface area (Å²) in [5.41, 5.74) is 0. The van der Waals surface area contributed by atoms with Crippen LogP contribution in [-0.4, -0.2) is 28.4 Å². The lowest BCUT2D eigenvalue weighted by atomic mass is 10.1. The normalized spacial score (nSPS) is 20.9. The summed E-state index contributed by atoms with van der Waals surface area (Å²) < 4.78 is 0. The Morgan fingerprint density at radius 2 is 2.47 bits per heavy atom. The summed E-state index contributed by atoms with van der Waals surface area (Å²) in [4.78, 5) is 24.9. The number of thiophene rings is 1. The summed E-state index contributed by atoms with van der Waals surface area (Å²) in [5, 5.41) is 10.7. The number of aliphatic carboxylic acids is 1. The Morgan fingerprint density at radius 1 is 1.67 bits per heavy atom. The maximum Gasteiger partial charge on any atom is 0.308 e. The first-order chi connectivity index (χ1) is 7.16. The highest BCUT2D eigenvalue weighted by Gasteiger charge is 2.34. The fourth-order valence-electron chi connectivity index (χ4n) is 1.68. The van der Waals surface area contributed by atoms with Crippen LogP contribution in [0.25, 0.3) is 0 Å². The molecule has 1 aromatic rings. The number of carbonyl (C=O) groups excluding carboxylic acids is 1. The molecule has 0 saturated carbocycles. The number of hydrogen-bond acceptors (Lipinski definition) is 3. The standard InChI is InChI=1S/C10H11NO3S/c12-9-4-7(10(13)14)5-11(9)6-8-2-1-3-15-8/h1-3,7H,4-6H2,(H,13,14)/t7-/m0/s1. The molecule has 2 heterocycles. The molecule has 1 atom stereocenters. The van der Waals surface area contributed by atoms with E-state index >= 15 is 0 Å². The largest absolute Gasteiger partial charge is 0.481 e. The average Bonchev–Trinajstić information content (AvgIpc) is 2.77. The minimum Gasteiger partial charge on any atom is -0.481 e. The summed E-state index contributed by atoms with van der Waals surface area (Å²) in [7, 11) is 0. The number of hydrogen-bond donors (Lipinski definition) is 1. The molecule has 1 N–H and O–H groups in total. The van der Waals surface area contributed by atoms with Gasteiger partial charge >= 0.3 is 5.97 Å². The predicted octanol–water partition coefficient (Wildman–Crippen LogP) is 1.18. The molecule has 2 rings (SSSR count). The molecule has 4 nitrogen and oxygen atoms in total. The van der Waals surface area contributed by atoms with Gasteiger partial charge in [0.25, 0.3) is 0 Å². The van der Waals surface area contributed by atoms with Crippen LogP contribution in [0.5, 0.6) is 0 Å². The molecule has 0 aliphatic carbocycles. The number of carboxylic acids is 1. The van der Waals surface area contributed by atoms with Gasteiger partial charge in [0.2, 0.25) is 5.91 Å². The van der Waals surface area contributed by atoms with E-state index in [2.05, 4.69) is 0 Å². The van der Waals surface area contributed by atoms with Crippen molar-refractivity contribution < 1.29 is 14.7 Å². The van der Waals surface area contributed by atoms with Gasteiger partial charge in [0.15, 0.2) is 0 Å². The highest BCUT2D eigenvalue weighted by molar-refractivity contribution is 7.09. The molecule has 1 aliphatic heterocycles. The van der Waals surface area contributed by atoms with Crippen LogP contribution in [-0.2, 0) is 16.1 Å². The molecule has 1 amide bonds. The molecule has 0 spiro atoms. The lowest BCUT2D eigenvalue weighted by Crippen LogP contribution is -2.25. The molecular weight excluding hydrogens is 214 g/mol. The number of carbonyl (C=O) groups is 2. The fourth-order valence-corrected chi connectivity index (χ4v) is 2.40. The van der Waals surface area contributed by atoms with Crippen LogP contribution in [0.3, 0.4) is 0 Å². The zero-order valence-corrected chi connectivity index (χ0v) is 8.87. The SMILES string of the molecule is O=C(O)[C@H]1CC(=O)N(Cc2cccs2)C1. The Hall–Kier alpha value is -1.36. The van der Waals surface area contributed by atoms with Gasteiger partial charge in [0, 0.05) is 17.8 Å². The van der Waals surface area contributed by atoms with Crippen molar-refractivity contribution in [3.05, 3.63) is 22.4 Å². The molecule has 80 valence electrons. The third-order valence-electron chi connectivity index (χ3n) is 2.49. The van der Waals surface area contributed by atoms with E-state index in [1.165, 1.54) is 0 Å². The monoisotopic (exact) mass is 225 g/mol. The van der Waals surface area contributed by atoms with E-state index in [0.29, 0.717) is 13.1 Å². The minimum absolute atomic E-state index is 0.0594. The summed E-state index contributed by atoms with van der Waals surface area (Å²) in [6, 6.07) is 3.88. The minimum atomic E-state index is -0.878. The van der Waals surface area contributed by atoms with Gasteiger partial charge in [0.1, 0.15) is 0 Å². The van der Waals surface area contributed by atoms with Gasteiger partial charge in [-0.05, 0) is 11.4 Å². The van der Waals surface area contributed by atoms with Crippen LogP contribution >= 0.6 is 11.3 Å². The number of likely N-dealkylation sites (tertiary alicyclic amines) is 1. The molecule has 0 radical (unpaired) electrons. The first-order valence-corrected chi connectivity index (χ1v) is 5.58. The van der Waals surface area contributed by atoms with Crippen LogP contribution in [0, 0.1) is 5.92 Å². The van der Waals surface area contributed by atoms with Gasteiger partial charge in [-0.25, -0.2) is 0 Å². The molecule has 15 heavy (non-hydrogen) atoms. The molecule has 1 aromatic heterocycles. The van der Waals surface area contributed by atoms with Gasteiger partial charge in [-0.3, -0.25) is 9.59 Å². The van der Waals surface area contributed by atoms with Crippen molar-refractivity contribution in [3.8, 4) is 0 Å². The maximum atomic E-state index is 11.5. The van der Waals surface area contributed by atoms with Crippen molar-refractivity contribution in [2.45, 2.75) is 13.0 Å². The Balaban J connectivity index is 2.00. The van der Waals surface area contributed by atoms with Crippen molar-refractivity contribution in [1.82, 2.24) is 4.90 Å². The van der Waals surface area contributed by atoms with E-state index in [0.717, 1.165) is 4.88 Å². The highest BCUT2D eigenvalue weighted by Crippen LogP contribution is 2.21. The van der Waals surface area contributed by atoms with Crippen molar-refractivity contribution in [2.24, 2.45) is 5.92 Å². The lowest BCUT2D eigenvalue weighted by Gasteiger charge is -2.14. The lowest BCUT2D eigenvalue weighted by molar-refractivity contribution is -0.141. The zero-order valence-electron chi connectivity index (χ0n) is 8.05.